The maximum atomic E-state index is 13.4. The van der Waals surface area contributed by atoms with Gasteiger partial charge in [0.25, 0.3) is 0 Å². The van der Waals surface area contributed by atoms with Crippen molar-refractivity contribution >= 4 is 5.82 Å². The molecule has 2 aliphatic heterocycles. The highest BCUT2D eigenvalue weighted by Gasteiger charge is 2.35. The molecule has 162 valence electrons. The number of alkyl halides is 3. The number of aliphatic hydroxyl groups excluding tert-OH is 1. The monoisotopic (exact) mass is 423 g/mol. The van der Waals surface area contributed by atoms with Crippen LogP contribution in [0.15, 0.2) is 30.5 Å². The molecule has 0 radical (unpaired) electrons. The largest absolute Gasteiger partial charge is 0.433 e. The number of hydrogen-bond donors (Lipinski definition) is 1. The molecule has 0 bridgehead atoms. The van der Waals surface area contributed by atoms with E-state index in [1.807, 2.05) is 4.90 Å². The molecular formula is C20H24F3N5O2. The summed E-state index contributed by atoms with van der Waals surface area (Å²) in [5, 5.41) is 10.3. The molecular weight excluding hydrogens is 399 g/mol. The fourth-order valence-electron chi connectivity index (χ4n) is 3.80. The first-order valence-corrected chi connectivity index (χ1v) is 10.0. The van der Waals surface area contributed by atoms with Crippen molar-refractivity contribution in [3.63, 3.8) is 0 Å². The van der Waals surface area contributed by atoms with Gasteiger partial charge in [-0.2, -0.15) is 13.2 Å². The molecule has 0 aromatic carbocycles. The van der Waals surface area contributed by atoms with Crippen molar-refractivity contribution in [1.29, 1.82) is 0 Å². The van der Waals surface area contributed by atoms with Gasteiger partial charge in [-0.15, -0.1) is 0 Å². The minimum absolute atomic E-state index is 0.0448. The molecule has 2 aromatic rings. The van der Waals surface area contributed by atoms with Crippen molar-refractivity contribution in [3.8, 4) is 11.5 Å². The van der Waals surface area contributed by atoms with Gasteiger partial charge < -0.3 is 14.7 Å². The van der Waals surface area contributed by atoms with E-state index in [1.165, 1.54) is 6.20 Å². The zero-order valence-electron chi connectivity index (χ0n) is 16.4. The number of rotatable bonds is 5. The summed E-state index contributed by atoms with van der Waals surface area (Å²) in [5.41, 5.74) is -0.687. The summed E-state index contributed by atoms with van der Waals surface area (Å²) in [4.78, 5) is 16.0. The molecule has 4 rings (SSSR count). The number of halogens is 3. The summed E-state index contributed by atoms with van der Waals surface area (Å²) >= 11 is 0. The van der Waals surface area contributed by atoms with Gasteiger partial charge in [-0.1, -0.05) is 6.07 Å². The lowest BCUT2D eigenvalue weighted by Gasteiger charge is -2.37. The molecule has 2 unspecified atom stereocenters. The van der Waals surface area contributed by atoms with Crippen LogP contribution < -0.4 is 4.90 Å². The van der Waals surface area contributed by atoms with Crippen LogP contribution in [0.25, 0.3) is 11.5 Å². The fourth-order valence-corrected chi connectivity index (χ4v) is 3.80. The average Bonchev–Trinajstić information content (AvgIpc) is 3.29. The quantitative estimate of drug-likeness (QED) is 0.791. The van der Waals surface area contributed by atoms with E-state index in [9.17, 15) is 18.3 Å². The summed E-state index contributed by atoms with van der Waals surface area (Å²) < 4.78 is 45.8. The van der Waals surface area contributed by atoms with Crippen LogP contribution >= 0.6 is 0 Å². The van der Waals surface area contributed by atoms with Gasteiger partial charge >= 0.3 is 6.18 Å². The molecule has 0 amide bonds. The van der Waals surface area contributed by atoms with Gasteiger partial charge in [0.15, 0.2) is 11.5 Å². The van der Waals surface area contributed by atoms with Crippen LogP contribution in [-0.4, -0.2) is 76.5 Å². The number of hydrogen-bond acceptors (Lipinski definition) is 7. The Balaban J connectivity index is 1.47. The molecule has 2 saturated heterocycles. The molecule has 0 saturated carbocycles. The first-order chi connectivity index (χ1) is 14.4. The number of piperazine rings is 1. The first kappa shape index (κ1) is 21.0. The second kappa shape index (κ2) is 8.83. The predicted octanol–water partition coefficient (Wildman–Crippen LogP) is 2.22. The summed E-state index contributed by atoms with van der Waals surface area (Å²) in [5.74, 6) is 0.189. The van der Waals surface area contributed by atoms with E-state index in [0.717, 1.165) is 18.9 Å². The second-order valence-electron chi connectivity index (χ2n) is 7.55. The molecule has 10 heteroatoms. The molecule has 2 atom stereocenters. The zero-order valence-corrected chi connectivity index (χ0v) is 16.4. The number of ether oxygens (including phenoxy) is 1. The van der Waals surface area contributed by atoms with E-state index >= 15 is 0 Å². The van der Waals surface area contributed by atoms with Gasteiger partial charge in [-0.3, -0.25) is 9.88 Å². The van der Waals surface area contributed by atoms with Crippen LogP contribution in [-0.2, 0) is 10.9 Å². The van der Waals surface area contributed by atoms with Crippen LogP contribution in [0.2, 0.25) is 0 Å². The molecule has 2 aliphatic rings. The standard InChI is InChI=1S/C20H24F3N5O2/c21-20(22,23)17-12-18(26-19(25-17)14-4-1-2-6-24-14)28-9-7-27(8-10-28)13-15(29)16-5-3-11-30-16/h1-2,4,6,12,15-16,29H,3,5,7-11,13H2. The molecule has 7 nitrogen and oxygen atoms in total. The highest BCUT2D eigenvalue weighted by atomic mass is 19.4. The Labute approximate surface area is 172 Å². The van der Waals surface area contributed by atoms with Gasteiger partial charge in [-0.05, 0) is 25.0 Å². The van der Waals surface area contributed by atoms with Gasteiger partial charge in [0.05, 0.1) is 12.2 Å². The Kier molecular flexibility index (Phi) is 6.16. The number of aromatic nitrogens is 3. The first-order valence-electron chi connectivity index (χ1n) is 10.0. The molecule has 1 N–H and O–H groups in total. The van der Waals surface area contributed by atoms with Crippen LogP contribution in [0, 0.1) is 0 Å². The third-order valence-electron chi connectivity index (χ3n) is 5.43. The van der Waals surface area contributed by atoms with Crippen molar-refractivity contribution < 1.29 is 23.0 Å². The maximum absolute atomic E-state index is 13.4. The normalized spacial score (nSPS) is 21.7. The van der Waals surface area contributed by atoms with Gasteiger partial charge in [0.2, 0.25) is 0 Å². The van der Waals surface area contributed by atoms with Crippen molar-refractivity contribution in [2.75, 3.05) is 44.2 Å². The molecule has 0 aliphatic carbocycles. The Hall–Kier alpha value is -2.30. The van der Waals surface area contributed by atoms with Crippen molar-refractivity contribution in [3.05, 3.63) is 36.2 Å². The van der Waals surface area contributed by atoms with E-state index < -0.39 is 18.0 Å². The second-order valence-corrected chi connectivity index (χ2v) is 7.55. The van der Waals surface area contributed by atoms with Crippen molar-refractivity contribution in [1.82, 2.24) is 19.9 Å². The predicted molar refractivity (Wildman–Crippen MR) is 104 cm³/mol. The summed E-state index contributed by atoms with van der Waals surface area (Å²) in [6, 6.07) is 5.94. The summed E-state index contributed by atoms with van der Waals surface area (Å²) in [6.45, 7) is 3.43. The number of anilines is 1. The van der Waals surface area contributed by atoms with Gasteiger partial charge in [-0.25, -0.2) is 9.97 Å². The van der Waals surface area contributed by atoms with E-state index in [0.29, 0.717) is 45.0 Å². The van der Waals surface area contributed by atoms with Crippen LogP contribution in [0.5, 0.6) is 0 Å². The number of nitrogens with zero attached hydrogens (tertiary/aromatic N) is 5. The smallest absolute Gasteiger partial charge is 0.389 e. The Morgan fingerprint density at radius 1 is 1.17 bits per heavy atom. The number of β-amino-alcohol motifs (C(OH)–C–C–N with tert-alkyl or cyclic N) is 1. The summed E-state index contributed by atoms with van der Waals surface area (Å²) in [7, 11) is 0. The van der Waals surface area contributed by atoms with E-state index in [1.54, 1.807) is 18.2 Å². The fraction of sp³-hybridized carbons (Fsp3) is 0.550. The van der Waals surface area contributed by atoms with Gasteiger partial charge in [0, 0.05) is 51.6 Å². The number of aliphatic hydroxyl groups is 1. The maximum Gasteiger partial charge on any atom is 0.433 e. The Morgan fingerprint density at radius 3 is 2.60 bits per heavy atom. The van der Waals surface area contributed by atoms with E-state index in [-0.39, 0.29) is 17.7 Å². The lowest BCUT2D eigenvalue weighted by Crippen LogP contribution is -2.50. The summed E-state index contributed by atoms with van der Waals surface area (Å²) in [6.07, 6.45) is -1.93. The van der Waals surface area contributed by atoms with Crippen molar-refractivity contribution in [2.24, 2.45) is 0 Å². The lowest BCUT2D eigenvalue weighted by molar-refractivity contribution is -0.141. The molecule has 0 spiro atoms. The number of pyridine rings is 1. The minimum atomic E-state index is -4.57. The van der Waals surface area contributed by atoms with E-state index in [2.05, 4.69) is 19.9 Å². The van der Waals surface area contributed by atoms with E-state index in [4.69, 9.17) is 4.74 Å². The Morgan fingerprint density at radius 2 is 1.97 bits per heavy atom. The molecule has 4 heterocycles. The van der Waals surface area contributed by atoms with Gasteiger partial charge in [0.1, 0.15) is 11.5 Å². The zero-order chi connectivity index (χ0) is 21.1. The van der Waals surface area contributed by atoms with Crippen LogP contribution in [0.3, 0.4) is 0 Å². The highest BCUT2D eigenvalue weighted by Crippen LogP contribution is 2.31. The lowest BCUT2D eigenvalue weighted by atomic mass is 10.1. The van der Waals surface area contributed by atoms with Crippen LogP contribution in [0.1, 0.15) is 18.5 Å². The highest BCUT2D eigenvalue weighted by molar-refractivity contribution is 5.54. The van der Waals surface area contributed by atoms with Crippen LogP contribution in [0.4, 0.5) is 19.0 Å². The minimum Gasteiger partial charge on any atom is -0.389 e. The Bertz CT molecular complexity index is 838. The topological polar surface area (TPSA) is 74.6 Å². The third kappa shape index (κ3) is 4.88. The molecule has 2 fully saturated rings. The molecule has 2 aromatic heterocycles. The third-order valence-corrected chi connectivity index (χ3v) is 5.43. The average molecular weight is 423 g/mol. The SMILES string of the molecule is OC(CN1CCN(c2cc(C(F)(F)F)nc(-c3ccccn3)n2)CC1)C1CCCO1. The van der Waals surface area contributed by atoms with Crippen molar-refractivity contribution in [2.45, 2.75) is 31.2 Å². The molecule has 30 heavy (non-hydrogen) atoms.